The van der Waals surface area contributed by atoms with Crippen LogP contribution in [0.4, 0.5) is 0 Å². The second kappa shape index (κ2) is 3.44. The van der Waals surface area contributed by atoms with Gasteiger partial charge >= 0.3 is 0 Å². The molecule has 0 aliphatic rings. The van der Waals surface area contributed by atoms with Crippen molar-refractivity contribution in [1.82, 2.24) is 14.0 Å². The number of sulfonamides is 1. The first kappa shape index (κ1) is 10.2. The molecule has 0 aliphatic carbocycles. The highest BCUT2D eigenvalue weighted by Gasteiger charge is 2.22. The van der Waals surface area contributed by atoms with Crippen molar-refractivity contribution in [2.45, 2.75) is 5.03 Å². The fourth-order valence-electron chi connectivity index (χ4n) is 0.752. The van der Waals surface area contributed by atoms with Gasteiger partial charge in [0.2, 0.25) is 0 Å². The van der Waals surface area contributed by atoms with Crippen LogP contribution >= 0.6 is 0 Å². The lowest BCUT2D eigenvalue weighted by molar-refractivity contribution is -0.0260. The van der Waals surface area contributed by atoms with Gasteiger partial charge in [0.15, 0.2) is 5.03 Å². The molecule has 1 aromatic heterocycles. The number of hydroxylamine groups is 1. The summed E-state index contributed by atoms with van der Waals surface area (Å²) in [4.78, 5) is 8.28. The number of aryl methyl sites for hydroxylation is 1. The molecular weight excluding hydrogens is 194 g/mol. The maximum absolute atomic E-state index is 11.5. The van der Waals surface area contributed by atoms with Crippen LogP contribution in [-0.2, 0) is 21.9 Å². The van der Waals surface area contributed by atoms with Crippen molar-refractivity contribution in [2.75, 3.05) is 14.2 Å². The van der Waals surface area contributed by atoms with E-state index in [1.54, 1.807) is 11.6 Å². The minimum atomic E-state index is -3.59. The van der Waals surface area contributed by atoms with E-state index in [1.165, 1.54) is 26.7 Å². The molecule has 0 bridgehead atoms. The summed E-state index contributed by atoms with van der Waals surface area (Å²) in [5, 5.41) is -0.0284. The molecular formula is C6H11N3O3S. The minimum Gasteiger partial charge on any atom is -0.339 e. The molecule has 1 rings (SSSR count). The van der Waals surface area contributed by atoms with E-state index in [0.29, 0.717) is 0 Å². The highest BCUT2D eigenvalue weighted by Crippen LogP contribution is 2.10. The van der Waals surface area contributed by atoms with Gasteiger partial charge in [0.05, 0.1) is 13.4 Å². The van der Waals surface area contributed by atoms with E-state index in [-0.39, 0.29) is 5.03 Å². The Kier molecular flexibility index (Phi) is 2.69. The average Bonchev–Trinajstić information content (AvgIpc) is 2.50. The van der Waals surface area contributed by atoms with Crippen LogP contribution in [0.25, 0.3) is 0 Å². The molecule has 0 spiro atoms. The zero-order valence-corrected chi connectivity index (χ0v) is 8.45. The van der Waals surface area contributed by atoms with Crippen molar-refractivity contribution in [3.8, 4) is 0 Å². The van der Waals surface area contributed by atoms with Gasteiger partial charge in [-0.2, -0.15) is 0 Å². The zero-order chi connectivity index (χ0) is 10.1. The predicted molar refractivity (Wildman–Crippen MR) is 45.2 cm³/mol. The van der Waals surface area contributed by atoms with E-state index < -0.39 is 10.0 Å². The number of nitrogens with zero attached hydrogens (tertiary/aromatic N) is 3. The van der Waals surface area contributed by atoms with Crippen LogP contribution in [0.2, 0.25) is 0 Å². The maximum atomic E-state index is 11.5. The van der Waals surface area contributed by atoms with Crippen LogP contribution in [0.5, 0.6) is 0 Å². The lowest BCUT2D eigenvalue weighted by Crippen LogP contribution is -2.25. The molecule has 74 valence electrons. The van der Waals surface area contributed by atoms with Gasteiger partial charge in [0.25, 0.3) is 10.0 Å². The van der Waals surface area contributed by atoms with Crippen LogP contribution in [-0.4, -0.2) is 36.6 Å². The van der Waals surface area contributed by atoms with Crippen molar-refractivity contribution >= 4 is 10.0 Å². The van der Waals surface area contributed by atoms with E-state index in [9.17, 15) is 8.42 Å². The quantitative estimate of drug-likeness (QED) is 0.630. The van der Waals surface area contributed by atoms with Crippen LogP contribution in [0, 0.1) is 0 Å². The standard InChI is InChI=1S/C6H11N3O3S/c1-8-4-6(7-5-8)13(10,11)9(2)12-3/h4-5H,1-3H3. The Labute approximate surface area is 76.8 Å². The van der Waals surface area contributed by atoms with Crippen molar-refractivity contribution < 1.29 is 13.3 Å². The Bertz CT molecular complexity index is 384. The van der Waals surface area contributed by atoms with Gasteiger partial charge in [0.1, 0.15) is 0 Å². The summed E-state index contributed by atoms with van der Waals surface area (Å²) in [6, 6.07) is 0. The first-order valence-electron chi connectivity index (χ1n) is 3.49. The lowest BCUT2D eigenvalue weighted by atomic mass is 10.9. The maximum Gasteiger partial charge on any atom is 0.283 e. The van der Waals surface area contributed by atoms with Gasteiger partial charge in [-0.3, -0.25) is 4.84 Å². The monoisotopic (exact) mass is 205 g/mol. The predicted octanol–water partition coefficient (Wildman–Crippen LogP) is -0.398. The number of hydrogen-bond donors (Lipinski definition) is 0. The van der Waals surface area contributed by atoms with Crippen LogP contribution < -0.4 is 0 Å². The smallest absolute Gasteiger partial charge is 0.283 e. The Morgan fingerprint density at radius 1 is 1.62 bits per heavy atom. The van der Waals surface area contributed by atoms with E-state index in [4.69, 9.17) is 0 Å². The summed E-state index contributed by atoms with van der Waals surface area (Å²) in [6.45, 7) is 0. The number of hydrogen-bond acceptors (Lipinski definition) is 4. The van der Waals surface area contributed by atoms with Gasteiger partial charge in [-0.15, -0.1) is 0 Å². The summed E-state index contributed by atoms with van der Waals surface area (Å²) in [5.41, 5.74) is 0. The Morgan fingerprint density at radius 3 is 2.62 bits per heavy atom. The van der Waals surface area contributed by atoms with Gasteiger partial charge in [-0.25, -0.2) is 13.4 Å². The number of aromatic nitrogens is 2. The average molecular weight is 205 g/mol. The first-order chi connectivity index (χ1) is 5.98. The van der Waals surface area contributed by atoms with Gasteiger partial charge in [0, 0.05) is 20.3 Å². The zero-order valence-electron chi connectivity index (χ0n) is 7.63. The van der Waals surface area contributed by atoms with Gasteiger partial charge < -0.3 is 4.57 Å². The molecule has 13 heavy (non-hydrogen) atoms. The molecule has 0 saturated carbocycles. The number of imidazole rings is 1. The third-order valence-corrected chi connectivity index (χ3v) is 3.11. The highest BCUT2D eigenvalue weighted by molar-refractivity contribution is 7.88. The van der Waals surface area contributed by atoms with E-state index >= 15 is 0 Å². The fraction of sp³-hybridized carbons (Fsp3) is 0.500. The molecule has 0 amide bonds. The Hall–Kier alpha value is -0.920. The van der Waals surface area contributed by atoms with Crippen LogP contribution in [0.3, 0.4) is 0 Å². The molecule has 6 nitrogen and oxygen atoms in total. The molecule has 1 aromatic rings. The second-order valence-corrected chi connectivity index (χ2v) is 4.36. The molecule has 0 aromatic carbocycles. The Morgan fingerprint density at radius 2 is 2.23 bits per heavy atom. The second-order valence-electron chi connectivity index (χ2n) is 2.47. The molecule has 7 heteroatoms. The molecule has 0 aliphatic heterocycles. The van der Waals surface area contributed by atoms with Crippen molar-refractivity contribution in [3.05, 3.63) is 12.5 Å². The SMILES string of the molecule is CON(C)S(=O)(=O)c1cn(C)cn1. The van der Waals surface area contributed by atoms with E-state index in [0.717, 1.165) is 4.47 Å². The van der Waals surface area contributed by atoms with Crippen molar-refractivity contribution in [2.24, 2.45) is 7.05 Å². The third-order valence-electron chi connectivity index (χ3n) is 1.54. The molecule has 0 radical (unpaired) electrons. The summed E-state index contributed by atoms with van der Waals surface area (Å²) >= 11 is 0. The number of rotatable bonds is 3. The largest absolute Gasteiger partial charge is 0.339 e. The molecule has 0 N–H and O–H groups in total. The van der Waals surface area contributed by atoms with E-state index in [2.05, 4.69) is 9.82 Å². The van der Waals surface area contributed by atoms with E-state index in [1.807, 2.05) is 0 Å². The summed E-state index contributed by atoms with van der Waals surface area (Å²) in [5.74, 6) is 0. The molecule has 1 heterocycles. The fourth-order valence-corrected chi connectivity index (χ4v) is 1.69. The first-order valence-corrected chi connectivity index (χ1v) is 4.93. The highest BCUT2D eigenvalue weighted by atomic mass is 32.2. The molecule has 0 unspecified atom stereocenters. The third kappa shape index (κ3) is 1.87. The molecule has 0 atom stereocenters. The lowest BCUT2D eigenvalue weighted by Gasteiger charge is -2.11. The minimum absolute atomic E-state index is 0.0284. The molecule has 0 fully saturated rings. The van der Waals surface area contributed by atoms with Crippen LogP contribution in [0.1, 0.15) is 0 Å². The van der Waals surface area contributed by atoms with Gasteiger partial charge in [-0.05, 0) is 0 Å². The van der Waals surface area contributed by atoms with Crippen molar-refractivity contribution in [1.29, 1.82) is 0 Å². The summed E-state index contributed by atoms with van der Waals surface area (Å²) < 4.78 is 25.3. The topological polar surface area (TPSA) is 64.4 Å². The molecule has 0 saturated heterocycles. The van der Waals surface area contributed by atoms with Gasteiger partial charge in [-0.1, -0.05) is 4.47 Å². The summed E-state index contributed by atoms with van der Waals surface area (Å²) in [6.07, 6.45) is 2.82. The Balaban J connectivity index is 3.08. The van der Waals surface area contributed by atoms with Crippen molar-refractivity contribution in [3.63, 3.8) is 0 Å². The normalized spacial score (nSPS) is 12.3. The summed E-state index contributed by atoms with van der Waals surface area (Å²) in [7, 11) is 0.692. The van der Waals surface area contributed by atoms with Crippen LogP contribution in [0.15, 0.2) is 17.6 Å².